The van der Waals surface area contributed by atoms with E-state index in [-0.39, 0.29) is 11.9 Å². The maximum atomic E-state index is 12.3. The molecule has 1 aromatic rings. The van der Waals surface area contributed by atoms with Crippen LogP contribution in [-0.2, 0) is 11.2 Å². The van der Waals surface area contributed by atoms with Gasteiger partial charge in [-0.15, -0.1) is 11.3 Å². The Kier molecular flexibility index (Phi) is 5.25. The number of likely N-dealkylation sites (tertiary alicyclic amines) is 1. The van der Waals surface area contributed by atoms with Crippen molar-refractivity contribution in [1.29, 1.82) is 0 Å². The standard InChI is InChI=1S/C14H21ClN2OS/c1-10-3-2-8-17(12(10)9-16)14(18)7-5-11-4-6-13(15)19-11/h4,6,10,12H,2-3,5,7-9,16H2,1H3/t10-,12-/m1/s1. The first-order valence-corrected chi connectivity index (χ1v) is 8.05. The Bertz CT molecular complexity index is 435. The Morgan fingerprint density at radius 2 is 2.37 bits per heavy atom. The molecule has 1 fully saturated rings. The Hall–Kier alpha value is -0.580. The van der Waals surface area contributed by atoms with Crippen LogP contribution in [0.15, 0.2) is 12.1 Å². The van der Waals surface area contributed by atoms with Crippen molar-refractivity contribution in [3.8, 4) is 0 Å². The van der Waals surface area contributed by atoms with Gasteiger partial charge in [-0.1, -0.05) is 18.5 Å². The van der Waals surface area contributed by atoms with E-state index < -0.39 is 0 Å². The SMILES string of the molecule is C[C@@H]1CCCN(C(=O)CCc2ccc(Cl)s2)[C@@H]1CN. The average Bonchev–Trinajstić information content (AvgIpc) is 2.81. The van der Waals surface area contributed by atoms with E-state index in [1.807, 2.05) is 17.0 Å². The first-order valence-electron chi connectivity index (χ1n) is 6.85. The Balaban J connectivity index is 1.91. The lowest BCUT2D eigenvalue weighted by Gasteiger charge is -2.39. The third-order valence-corrected chi connectivity index (χ3v) is 5.18. The van der Waals surface area contributed by atoms with Crippen LogP contribution in [0.5, 0.6) is 0 Å². The third-order valence-electron chi connectivity index (χ3n) is 3.89. The van der Waals surface area contributed by atoms with Crippen molar-refractivity contribution in [1.82, 2.24) is 4.90 Å². The third kappa shape index (κ3) is 3.71. The quantitative estimate of drug-likeness (QED) is 0.929. The highest BCUT2D eigenvalue weighted by Crippen LogP contribution is 2.25. The molecule has 0 bridgehead atoms. The molecular weight excluding hydrogens is 280 g/mol. The molecule has 1 aliphatic heterocycles. The van der Waals surface area contributed by atoms with Crippen molar-refractivity contribution in [2.75, 3.05) is 13.1 Å². The molecule has 19 heavy (non-hydrogen) atoms. The molecule has 0 aliphatic carbocycles. The predicted molar refractivity (Wildman–Crippen MR) is 80.6 cm³/mol. The molecule has 1 saturated heterocycles. The highest BCUT2D eigenvalue weighted by molar-refractivity contribution is 7.16. The summed E-state index contributed by atoms with van der Waals surface area (Å²) in [6.07, 6.45) is 3.60. The van der Waals surface area contributed by atoms with Crippen LogP contribution >= 0.6 is 22.9 Å². The maximum absolute atomic E-state index is 12.3. The molecule has 3 nitrogen and oxygen atoms in total. The van der Waals surface area contributed by atoms with Crippen LogP contribution in [0.3, 0.4) is 0 Å². The zero-order valence-corrected chi connectivity index (χ0v) is 12.8. The van der Waals surface area contributed by atoms with E-state index in [9.17, 15) is 4.79 Å². The number of piperidine rings is 1. The van der Waals surface area contributed by atoms with Gasteiger partial charge in [0.15, 0.2) is 0 Å². The van der Waals surface area contributed by atoms with E-state index in [4.69, 9.17) is 17.3 Å². The van der Waals surface area contributed by atoms with Crippen LogP contribution in [0.25, 0.3) is 0 Å². The number of hydrogen-bond acceptors (Lipinski definition) is 3. The average molecular weight is 301 g/mol. The molecule has 1 amide bonds. The number of thiophene rings is 1. The van der Waals surface area contributed by atoms with Crippen LogP contribution in [0.4, 0.5) is 0 Å². The molecule has 106 valence electrons. The molecule has 1 aliphatic rings. The van der Waals surface area contributed by atoms with Gasteiger partial charge in [0.05, 0.1) is 4.34 Å². The number of hydrogen-bond donors (Lipinski definition) is 1. The first kappa shape index (κ1) is 14.8. The smallest absolute Gasteiger partial charge is 0.223 e. The van der Waals surface area contributed by atoms with E-state index >= 15 is 0 Å². The van der Waals surface area contributed by atoms with E-state index in [2.05, 4.69) is 6.92 Å². The largest absolute Gasteiger partial charge is 0.338 e. The zero-order chi connectivity index (χ0) is 13.8. The van der Waals surface area contributed by atoms with Crippen molar-refractivity contribution >= 4 is 28.8 Å². The fraction of sp³-hybridized carbons (Fsp3) is 0.643. The van der Waals surface area contributed by atoms with Crippen molar-refractivity contribution in [3.63, 3.8) is 0 Å². The van der Waals surface area contributed by atoms with Crippen molar-refractivity contribution < 1.29 is 4.79 Å². The van der Waals surface area contributed by atoms with E-state index in [0.717, 1.165) is 23.7 Å². The van der Waals surface area contributed by atoms with Gasteiger partial charge in [-0.25, -0.2) is 0 Å². The highest BCUT2D eigenvalue weighted by atomic mass is 35.5. The van der Waals surface area contributed by atoms with E-state index in [0.29, 0.717) is 18.9 Å². The predicted octanol–water partition coefficient (Wildman–Crippen LogP) is 2.92. The topological polar surface area (TPSA) is 46.3 Å². The van der Waals surface area contributed by atoms with E-state index in [1.54, 1.807) is 11.3 Å². The molecule has 1 aromatic heterocycles. The summed E-state index contributed by atoms with van der Waals surface area (Å²) in [5.41, 5.74) is 5.82. The molecule has 2 heterocycles. The molecule has 0 radical (unpaired) electrons. The Morgan fingerprint density at radius 1 is 1.58 bits per heavy atom. The summed E-state index contributed by atoms with van der Waals surface area (Å²) >= 11 is 7.45. The fourth-order valence-electron chi connectivity index (χ4n) is 2.78. The summed E-state index contributed by atoms with van der Waals surface area (Å²) in [5, 5.41) is 0. The summed E-state index contributed by atoms with van der Waals surface area (Å²) in [4.78, 5) is 15.5. The van der Waals surface area contributed by atoms with Gasteiger partial charge in [0, 0.05) is 30.4 Å². The van der Waals surface area contributed by atoms with Gasteiger partial charge in [-0.2, -0.15) is 0 Å². The second kappa shape index (κ2) is 6.73. The molecule has 0 unspecified atom stereocenters. The monoisotopic (exact) mass is 300 g/mol. The van der Waals surface area contributed by atoms with Gasteiger partial charge < -0.3 is 10.6 Å². The Labute approximate surface area is 123 Å². The summed E-state index contributed by atoms with van der Waals surface area (Å²) in [6.45, 7) is 3.62. The molecule has 0 aromatic carbocycles. The number of aryl methyl sites for hydroxylation is 1. The number of halogens is 1. The molecule has 5 heteroatoms. The first-order chi connectivity index (χ1) is 9.11. The van der Waals surface area contributed by atoms with Crippen molar-refractivity contribution in [2.24, 2.45) is 11.7 Å². The number of rotatable bonds is 4. The minimum absolute atomic E-state index is 0.216. The van der Waals surface area contributed by atoms with Gasteiger partial charge in [-0.05, 0) is 37.3 Å². The van der Waals surface area contributed by atoms with Gasteiger partial charge in [0.1, 0.15) is 0 Å². The second-order valence-corrected chi connectivity index (χ2v) is 7.02. The molecule has 2 atom stereocenters. The number of nitrogens with two attached hydrogens (primary N) is 1. The van der Waals surface area contributed by atoms with Crippen molar-refractivity contribution in [2.45, 2.75) is 38.6 Å². The van der Waals surface area contributed by atoms with Crippen LogP contribution in [0.2, 0.25) is 4.34 Å². The number of nitrogens with zero attached hydrogens (tertiary/aromatic N) is 1. The maximum Gasteiger partial charge on any atom is 0.223 e. The minimum atomic E-state index is 0.216. The number of amides is 1. The van der Waals surface area contributed by atoms with Gasteiger partial charge in [0.25, 0.3) is 0 Å². The van der Waals surface area contributed by atoms with Gasteiger partial charge in [-0.3, -0.25) is 4.79 Å². The summed E-state index contributed by atoms with van der Waals surface area (Å²) in [5.74, 6) is 0.741. The summed E-state index contributed by atoms with van der Waals surface area (Å²) < 4.78 is 0.786. The van der Waals surface area contributed by atoms with Gasteiger partial charge >= 0.3 is 0 Å². The molecule has 0 spiro atoms. The van der Waals surface area contributed by atoms with Crippen molar-refractivity contribution in [3.05, 3.63) is 21.3 Å². The van der Waals surface area contributed by atoms with Crippen LogP contribution in [0.1, 0.15) is 31.1 Å². The lowest BCUT2D eigenvalue weighted by molar-refractivity contribution is -0.136. The van der Waals surface area contributed by atoms with Gasteiger partial charge in [0.2, 0.25) is 5.91 Å². The summed E-state index contributed by atoms with van der Waals surface area (Å²) in [6, 6.07) is 4.10. The van der Waals surface area contributed by atoms with Crippen LogP contribution in [0, 0.1) is 5.92 Å². The molecule has 2 N–H and O–H groups in total. The number of carbonyl (C=O) groups excluding carboxylic acids is 1. The molecule has 0 saturated carbocycles. The summed E-state index contributed by atoms with van der Waals surface area (Å²) in [7, 11) is 0. The van der Waals surface area contributed by atoms with Crippen LogP contribution in [-0.4, -0.2) is 29.9 Å². The fourth-order valence-corrected chi connectivity index (χ4v) is 3.87. The second-order valence-electron chi connectivity index (χ2n) is 5.22. The normalized spacial score (nSPS) is 23.6. The lowest BCUT2D eigenvalue weighted by Crippen LogP contribution is -2.51. The number of carbonyl (C=O) groups is 1. The highest BCUT2D eigenvalue weighted by Gasteiger charge is 2.30. The zero-order valence-electron chi connectivity index (χ0n) is 11.3. The minimum Gasteiger partial charge on any atom is -0.338 e. The lowest BCUT2D eigenvalue weighted by atomic mass is 9.90. The Morgan fingerprint density at radius 3 is 3.00 bits per heavy atom. The molecule has 2 rings (SSSR count). The van der Waals surface area contributed by atoms with E-state index in [1.165, 1.54) is 11.3 Å². The molecular formula is C14H21ClN2OS. The van der Waals surface area contributed by atoms with Crippen LogP contribution < -0.4 is 5.73 Å².